The van der Waals surface area contributed by atoms with E-state index in [-0.39, 0.29) is 6.10 Å². The number of fused-ring (bicyclic) bond motifs is 5. The second-order valence-corrected chi connectivity index (χ2v) is 13.1. The van der Waals surface area contributed by atoms with E-state index in [1.165, 1.54) is 57.8 Å². The third-order valence-corrected chi connectivity index (χ3v) is 11.6. The molecule has 168 valence electrons. The molecule has 1 N–H and O–H groups in total. The van der Waals surface area contributed by atoms with Gasteiger partial charge in [-0.3, -0.25) is 0 Å². The summed E-state index contributed by atoms with van der Waals surface area (Å²) in [6.45, 7) is 15.2. The van der Waals surface area contributed by atoms with Gasteiger partial charge in [-0.25, -0.2) is 0 Å². The Morgan fingerprint density at radius 1 is 0.793 bits per heavy atom. The molecule has 10 atom stereocenters. The molecule has 0 bridgehead atoms. The van der Waals surface area contributed by atoms with Gasteiger partial charge in [0.2, 0.25) is 0 Å². The number of hydrogen-bond acceptors (Lipinski definition) is 1. The Kier molecular flexibility index (Phi) is 6.22. The maximum atomic E-state index is 10.3. The van der Waals surface area contributed by atoms with E-state index in [0.29, 0.717) is 10.8 Å². The van der Waals surface area contributed by atoms with Gasteiger partial charge in [-0.05, 0) is 116 Å². The van der Waals surface area contributed by atoms with Gasteiger partial charge in [0.1, 0.15) is 0 Å². The zero-order valence-corrected chi connectivity index (χ0v) is 20.4. The lowest BCUT2D eigenvalue weighted by atomic mass is 9.44. The van der Waals surface area contributed by atoms with Gasteiger partial charge in [-0.1, -0.05) is 54.4 Å². The van der Waals surface area contributed by atoms with Crippen molar-refractivity contribution in [3.05, 3.63) is 0 Å². The van der Waals surface area contributed by atoms with Gasteiger partial charge in [0.25, 0.3) is 0 Å². The number of rotatable bonds is 5. The maximum absolute atomic E-state index is 10.3. The summed E-state index contributed by atoms with van der Waals surface area (Å²) in [7, 11) is 0. The minimum atomic E-state index is -0.0107. The molecule has 0 aromatic heterocycles. The van der Waals surface area contributed by atoms with Crippen LogP contribution in [0.1, 0.15) is 112 Å². The zero-order valence-electron chi connectivity index (χ0n) is 20.4. The summed E-state index contributed by atoms with van der Waals surface area (Å²) in [4.78, 5) is 0. The summed E-state index contributed by atoms with van der Waals surface area (Å²) in [5, 5.41) is 10.3. The molecule has 4 saturated carbocycles. The van der Waals surface area contributed by atoms with Gasteiger partial charge >= 0.3 is 0 Å². The van der Waals surface area contributed by atoms with Crippen molar-refractivity contribution in [3.8, 4) is 0 Å². The smallest absolute Gasteiger partial charge is 0.0543 e. The highest BCUT2D eigenvalue weighted by Gasteiger charge is 2.60. The molecule has 0 amide bonds. The molecule has 0 aromatic rings. The Bertz CT molecular complexity index is 569. The highest BCUT2D eigenvalue weighted by Crippen LogP contribution is 2.68. The third kappa shape index (κ3) is 3.74. The monoisotopic (exact) mass is 402 g/mol. The molecule has 4 aliphatic carbocycles. The molecule has 0 spiro atoms. The van der Waals surface area contributed by atoms with E-state index >= 15 is 0 Å². The first-order valence-electron chi connectivity index (χ1n) is 13.3. The second-order valence-electron chi connectivity index (χ2n) is 13.1. The fourth-order valence-electron chi connectivity index (χ4n) is 9.27. The van der Waals surface area contributed by atoms with Gasteiger partial charge < -0.3 is 5.11 Å². The molecule has 0 unspecified atom stereocenters. The van der Waals surface area contributed by atoms with E-state index in [2.05, 4.69) is 41.5 Å². The fourth-order valence-corrected chi connectivity index (χ4v) is 9.27. The first-order chi connectivity index (χ1) is 13.7. The van der Waals surface area contributed by atoms with Crippen LogP contribution in [0.5, 0.6) is 0 Å². The number of aliphatic hydroxyl groups is 1. The van der Waals surface area contributed by atoms with E-state index in [0.717, 1.165) is 60.2 Å². The van der Waals surface area contributed by atoms with Gasteiger partial charge in [0, 0.05) is 0 Å². The highest BCUT2D eigenvalue weighted by atomic mass is 16.3. The van der Waals surface area contributed by atoms with Gasteiger partial charge in [-0.15, -0.1) is 0 Å². The van der Waals surface area contributed by atoms with Crippen LogP contribution in [-0.2, 0) is 0 Å². The van der Waals surface area contributed by atoms with Crippen molar-refractivity contribution in [1.82, 2.24) is 0 Å². The van der Waals surface area contributed by atoms with Crippen molar-refractivity contribution in [1.29, 1.82) is 0 Å². The molecule has 1 heteroatoms. The van der Waals surface area contributed by atoms with Crippen LogP contribution in [0.2, 0.25) is 0 Å². The standard InChI is InChI=1S/C28H50O/c1-18(2)19(3)7-8-20(4)24-11-12-25-23-10-9-21-17-22(29)13-15-27(21,5)26(23)14-16-28(24,25)6/h18-26,29H,7-17H2,1-6H3/t19-,20-,21-,22-,23+,24-,25+,26+,27+,28-/m1/s1. The average Bonchev–Trinajstić information content (AvgIpc) is 3.03. The van der Waals surface area contributed by atoms with E-state index < -0.39 is 0 Å². The molecule has 0 aromatic carbocycles. The molecule has 0 heterocycles. The van der Waals surface area contributed by atoms with Crippen LogP contribution >= 0.6 is 0 Å². The average molecular weight is 403 g/mol. The third-order valence-electron chi connectivity index (χ3n) is 11.6. The van der Waals surface area contributed by atoms with Crippen molar-refractivity contribution in [3.63, 3.8) is 0 Å². The molecule has 4 fully saturated rings. The fraction of sp³-hybridized carbons (Fsp3) is 1.00. The predicted molar refractivity (Wildman–Crippen MR) is 124 cm³/mol. The molecule has 4 rings (SSSR count). The summed E-state index contributed by atoms with van der Waals surface area (Å²) >= 11 is 0. The lowest BCUT2D eigenvalue weighted by Gasteiger charge is -2.61. The van der Waals surface area contributed by atoms with Crippen LogP contribution in [0.25, 0.3) is 0 Å². The maximum Gasteiger partial charge on any atom is 0.0543 e. The van der Waals surface area contributed by atoms with Crippen molar-refractivity contribution in [2.24, 2.45) is 58.2 Å². The Hall–Kier alpha value is -0.0400. The largest absolute Gasteiger partial charge is 0.393 e. The molecule has 0 saturated heterocycles. The predicted octanol–water partition coefficient (Wildman–Crippen LogP) is 7.71. The van der Waals surface area contributed by atoms with Gasteiger partial charge in [-0.2, -0.15) is 0 Å². The normalized spacial score (nSPS) is 49.2. The molecule has 0 aliphatic heterocycles. The van der Waals surface area contributed by atoms with Crippen molar-refractivity contribution >= 4 is 0 Å². The Morgan fingerprint density at radius 3 is 2.21 bits per heavy atom. The number of aliphatic hydroxyl groups excluding tert-OH is 1. The SMILES string of the molecule is CC(C)[C@H](C)CC[C@@H](C)[C@H]1CC[C@H]2[C@@H]3CC[C@@H]4C[C@H](O)CC[C@]4(C)[C@H]3CC[C@]12C. The Balaban J connectivity index is 1.46. The van der Waals surface area contributed by atoms with E-state index in [9.17, 15) is 5.11 Å². The van der Waals surface area contributed by atoms with Gasteiger partial charge in [0.15, 0.2) is 0 Å². The second kappa shape index (κ2) is 8.14. The summed E-state index contributed by atoms with van der Waals surface area (Å²) in [5.41, 5.74) is 1.14. The lowest BCUT2D eigenvalue weighted by Crippen LogP contribution is -2.54. The van der Waals surface area contributed by atoms with Crippen LogP contribution in [0, 0.1) is 58.2 Å². The minimum absolute atomic E-state index is 0.0107. The van der Waals surface area contributed by atoms with Crippen LogP contribution in [0.15, 0.2) is 0 Å². The van der Waals surface area contributed by atoms with Crippen LogP contribution in [-0.4, -0.2) is 11.2 Å². The molecule has 1 nitrogen and oxygen atoms in total. The number of hydrogen-bond donors (Lipinski definition) is 1. The summed E-state index contributed by atoms with van der Waals surface area (Å²) < 4.78 is 0. The summed E-state index contributed by atoms with van der Waals surface area (Å²) in [5.74, 6) is 7.28. The van der Waals surface area contributed by atoms with Crippen molar-refractivity contribution in [2.45, 2.75) is 118 Å². The lowest BCUT2D eigenvalue weighted by molar-refractivity contribution is -0.129. The molecular formula is C28H50O. The quantitative estimate of drug-likeness (QED) is 0.499. The molecular weight excluding hydrogens is 352 g/mol. The Morgan fingerprint density at radius 2 is 1.48 bits per heavy atom. The minimum Gasteiger partial charge on any atom is -0.393 e. The van der Waals surface area contributed by atoms with Crippen molar-refractivity contribution in [2.75, 3.05) is 0 Å². The summed E-state index contributed by atoms with van der Waals surface area (Å²) in [6.07, 6.45) is 15.1. The molecule has 4 aliphatic rings. The van der Waals surface area contributed by atoms with Gasteiger partial charge in [0.05, 0.1) is 6.10 Å². The van der Waals surface area contributed by atoms with Crippen LogP contribution in [0.3, 0.4) is 0 Å². The topological polar surface area (TPSA) is 20.2 Å². The molecule has 0 radical (unpaired) electrons. The first kappa shape index (κ1) is 22.2. The summed E-state index contributed by atoms with van der Waals surface area (Å²) in [6, 6.07) is 0. The van der Waals surface area contributed by atoms with E-state index in [4.69, 9.17) is 0 Å². The molecule has 29 heavy (non-hydrogen) atoms. The van der Waals surface area contributed by atoms with E-state index in [1.54, 1.807) is 0 Å². The Labute approximate surface area is 181 Å². The highest BCUT2D eigenvalue weighted by molar-refractivity contribution is 5.09. The zero-order chi connectivity index (χ0) is 21.0. The van der Waals surface area contributed by atoms with E-state index in [1.807, 2.05) is 0 Å². The van der Waals surface area contributed by atoms with Crippen LogP contribution < -0.4 is 0 Å². The first-order valence-corrected chi connectivity index (χ1v) is 13.3. The van der Waals surface area contributed by atoms with Crippen LogP contribution in [0.4, 0.5) is 0 Å². The van der Waals surface area contributed by atoms with Crippen molar-refractivity contribution < 1.29 is 5.11 Å².